The van der Waals surface area contributed by atoms with Crippen molar-refractivity contribution in [3.8, 4) is 0 Å². The third-order valence-corrected chi connectivity index (χ3v) is 6.30. The van der Waals surface area contributed by atoms with E-state index in [1.54, 1.807) is 6.20 Å². The first-order valence-electron chi connectivity index (χ1n) is 9.16. The Morgan fingerprint density at radius 1 is 1.04 bits per heavy atom. The minimum absolute atomic E-state index is 0.0500. The van der Waals surface area contributed by atoms with E-state index in [-0.39, 0.29) is 16.8 Å². The summed E-state index contributed by atoms with van der Waals surface area (Å²) in [5.41, 5.74) is 0.999. The van der Waals surface area contributed by atoms with Crippen LogP contribution in [0.5, 0.6) is 0 Å². The molecule has 7 nitrogen and oxygen atoms in total. The van der Waals surface area contributed by atoms with Crippen LogP contribution in [0.3, 0.4) is 0 Å². The molecule has 1 aromatic heterocycles. The van der Waals surface area contributed by atoms with Crippen molar-refractivity contribution < 1.29 is 13.2 Å². The smallest absolute Gasteiger partial charge is 0.255 e. The minimum atomic E-state index is -3.51. The summed E-state index contributed by atoms with van der Waals surface area (Å²) in [4.78, 5) is 19.2. The highest BCUT2D eigenvalue weighted by Crippen LogP contribution is 2.23. The van der Waals surface area contributed by atoms with E-state index < -0.39 is 10.0 Å². The molecule has 4 rings (SSSR count). The van der Waals surface area contributed by atoms with Gasteiger partial charge in [0.2, 0.25) is 10.0 Å². The summed E-state index contributed by atoms with van der Waals surface area (Å²) < 4.78 is 27.0. The van der Waals surface area contributed by atoms with Gasteiger partial charge in [-0.05, 0) is 62.1 Å². The topological polar surface area (TPSA) is 91.4 Å². The molecule has 1 saturated carbocycles. The Balaban J connectivity index is 1.40. The van der Waals surface area contributed by atoms with Crippen molar-refractivity contribution in [2.45, 2.75) is 36.6 Å². The number of hydrogen-bond donors (Lipinski definition) is 2. The first-order valence-corrected chi connectivity index (χ1v) is 10.6. The first-order chi connectivity index (χ1) is 13.0. The summed E-state index contributed by atoms with van der Waals surface area (Å²) in [6.45, 7) is 2.03. The van der Waals surface area contributed by atoms with Gasteiger partial charge in [0.25, 0.3) is 5.91 Å². The fourth-order valence-corrected chi connectivity index (χ4v) is 4.38. The maximum Gasteiger partial charge on any atom is 0.255 e. The number of anilines is 2. The van der Waals surface area contributed by atoms with E-state index in [0.29, 0.717) is 11.3 Å². The van der Waals surface area contributed by atoms with Gasteiger partial charge in [-0.3, -0.25) is 4.79 Å². The molecule has 1 aliphatic heterocycles. The highest BCUT2D eigenvalue weighted by molar-refractivity contribution is 7.89. The fourth-order valence-electron chi connectivity index (χ4n) is 3.07. The van der Waals surface area contributed by atoms with Gasteiger partial charge in [-0.25, -0.2) is 18.1 Å². The van der Waals surface area contributed by atoms with Gasteiger partial charge in [0.05, 0.1) is 16.8 Å². The van der Waals surface area contributed by atoms with Gasteiger partial charge in [-0.15, -0.1) is 0 Å². The van der Waals surface area contributed by atoms with Crippen LogP contribution in [-0.2, 0) is 10.0 Å². The molecule has 1 amide bonds. The van der Waals surface area contributed by atoms with Crippen molar-refractivity contribution in [1.29, 1.82) is 0 Å². The van der Waals surface area contributed by atoms with Crippen molar-refractivity contribution >= 4 is 27.4 Å². The lowest BCUT2D eigenvalue weighted by atomic mass is 10.2. The Morgan fingerprint density at radius 2 is 1.74 bits per heavy atom. The maximum absolute atomic E-state index is 12.4. The predicted octanol–water partition coefficient (Wildman–Crippen LogP) is 2.37. The predicted molar refractivity (Wildman–Crippen MR) is 103 cm³/mol. The second-order valence-electron chi connectivity index (χ2n) is 6.97. The van der Waals surface area contributed by atoms with Crippen LogP contribution >= 0.6 is 0 Å². The van der Waals surface area contributed by atoms with Crippen LogP contribution < -0.4 is 14.9 Å². The number of rotatable bonds is 6. The van der Waals surface area contributed by atoms with Crippen molar-refractivity contribution in [2.24, 2.45) is 0 Å². The normalized spacial score (nSPS) is 17.1. The Morgan fingerprint density at radius 3 is 2.33 bits per heavy atom. The molecule has 0 radical (unpaired) electrons. The van der Waals surface area contributed by atoms with Gasteiger partial charge < -0.3 is 10.2 Å². The second kappa shape index (κ2) is 7.28. The van der Waals surface area contributed by atoms with Crippen molar-refractivity contribution in [1.82, 2.24) is 9.71 Å². The number of aromatic nitrogens is 1. The summed E-state index contributed by atoms with van der Waals surface area (Å²) in [6, 6.07) is 9.72. The Kier molecular flexibility index (Phi) is 4.84. The zero-order chi connectivity index (χ0) is 18.9. The second-order valence-corrected chi connectivity index (χ2v) is 8.69. The van der Waals surface area contributed by atoms with Crippen LogP contribution in [-0.4, -0.2) is 38.4 Å². The van der Waals surface area contributed by atoms with Gasteiger partial charge in [0.1, 0.15) is 5.82 Å². The number of amides is 1. The molecule has 0 unspecified atom stereocenters. The first kappa shape index (κ1) is 17.9. The van der Waals surface area contributed by atoms with Gasteiger partial charge in [0, 0.05) is 24.7 Å². The molecule has 2 aromatic rings. The summed E-state index contributed by atoms with van der Waals surface area (Å²) in [5.74, 6) is 0.619. The Labute approximate surface area is 158 Å². The molecule has 1 saturated heterocycles. The number of nitrogens with one attached hydrogen (secondary N) is 2. The van der Waals surface area contributed by atoms with Gasteiger partial charge in [-0.1, -0.05) is 0 Å². The number of carbonyl (C=O) groups is 1. The van der Waals surface area contributed by atoms with Crippen molar-refractivity contribution in [3.63, 3.8) is 0 Å². The Hall–Kier alpha value is -2.45. The van der Waals surface area contributed by atoms with Crippen molar-refractivity contribution in [3.05, 3.63) is 48.2 Å². The number of pyridine rings is 1. The largest absolute Gasteiger partial charge is 0.357 e. The lowest BCUT2D eigenvalue weighted by Gasteiger charge is -2.16. The van der Waals surface area contributed by atoms with Crippen LogP contribution in [0, 0.1) is 0 Å². The molecule has 27 heavy (non-hydrogen) atoms. The molecular formula is C19H22N4O3S. The molecule has 0 bridgehead atoms. The molecule has 2 N–H and O–H groups in total. The third kappa shape index (κ3) is 4.28. The summed E-state index contributed by atoms with van der Waals surface area (Å²) >= 11 is 0. The lowest BCUT2D eigenvalue weighted by molar-refractivity contribution is 0.102. The van der Waals surface area contributed by atoms with Crippen LogP contribution in [0.2, 0.25) is 0 Å². The average molecular weight is 386 g/mol. The molecule has 0 atom stereocenters. The summed E-state index contributed by atoms with van der Waals surface area (Å²) in [7, 11) is -3.51. The van der Waals surface area contributed by atoms with E-state index >= 15 is 0 Å². The molecule has 142 valence electrons. The standard InChI is InChI=1S/C19H22N4O3S/c24-19(21-16-7-10-18(20-13-16)23-11-1-2-12-23)14-3-8-17(9-4-14)27(25,26)22-15-5-6-15/h3-4,7-10,13,15,22H,1-2,5-6,11-12H2,(H,21,24). The molecule has 2 aliphatic rings. The fraction of sp³-hybridized carbons (Fsp3) is 0.368. The number of carbonyl (C=O) groups excluding carboxylic acids is 1. The highest BCUT2D eigenvalue weighted by atomic mass is 32.2. The molecule has 0 spiro atoms. The number of benzene rings is 1. The van der Waals surface area contributed by atoms with Crippen LogP contribution in [0.15, 0.2) is 47.5 Å². The van der Waals surface area contributed by atoms with E-state index in [2.05, 4.69) is 19.9 Å². The van der Waals surface area contributed by atoms with Gasteiger partial charge in [0.15, 0.2) is 0 Å². The average Bonchev–Trinajstić information content (AvgIpc) is 3.30. The lowest BCUT2D eigenvalue weighted by Crippen LogP contribution is -2.25. The van der Waals surface area contributed by atoms with Crippen LogP contribution in [0.1, 0.15) is 36.0 Å². The number of sulfonamides is 1. The van der Waals surface area contributed by atoms with E-state index in [1.807, 2.05) is 12.1 Å². The molecule has 2 fully saturated rings. The SMILES string of the molecule is O=C(Nc1ccc(N2CCCC2)nc1)c1ccc(S(=O)(=O)NC2CC2)cc1. The third-order valence-electron chi connectivity index (χ3n) is 4.76. The summed E-state index contributed by atoms with van der Waals surface area (Å²) in [5, 5.41) is 2.79. The molecular weight excluding hydrogens is 364 g/mol. The number of nitrogens with zero attached hydrogens (tertiary/aromatic N) is 2. The molecule has 8 heteroatoms. The van der Waals surface area contributed by atoms with Crippen LogP contribution in [0.4, 0.5) is 11.5 Å². The molecule has 1 aliphatic carbocycles. The van der Waals surface area contributed by atoms with E-state index in [9.17, 15) is 13.2 Å². The molecule has 1 aromatic carbocycles. The molecule has 2 heterocycles. The maximum atomic E-state index is 12.4. The minimum Gasteiger partial charge on any atom is -0.357 e. The summed E-state index contributed by atoms with van der Waals surface area (Å²) in [6.07, 6.45) is 5.77. The highest BCUT2D eigenvalue weighted by Gasteiger charge is 2.28. The number of hydrogen-bond acceptors (Lipinski definition) is 5. The van der Waals surface area contributed by atoms with E-state index in [4.69, 9.17) is 0 Å². The quantitative estimate of drug-likeness (QED) is 0.795. The van der Waals surface area contributed by atoms with E-state index in [0.717, 1.165) is 31.7 Å². The van der Waals surface area contributed by atoms with Gasteiger partial charge >= 0.3 is 0 Å². The zero-order valence-electron chi connectivity index (χ0n) is 14.9. The Bertz CT molecular complexity index is 916. The zero-order valence-corrected chi connectivity index (χ0v) is 15.7. The van der Waals surface area contributed by atoms with E-state index in [1.165, 1.54) is 37.1 Å². The van der Waals surface area contributed by atoms with Crippen molar-refractivity contribution in [2.75, 3.05) is 23.3 Å². The van der Waals surface area contributed by atoms with Crippen LogP contribution in [0.25, 0.3) is 0 Å². The monoisotopic (exact) mass is 386 g/mol. The van der Waals surface area contributed by atoms with Gasteiger partial charge in [-0.2, -0.15) is 0 Å².